The fourth-order valence-electron chi connectivity index (χ4n) is 1.40. The number of hydrogen-bond acceptors (Lipinski definition) is 4. The van der Waals surface area contributed by atoms with E-state index in [2.05, 4.69) is 0 Å². The van der Waals surface area contributed by atoms with Gasteiger partial charge in [-0.25, -0.2) is 0 Å². The average molecular weight is 216 g/mol. The molecule has 2 rings (SSSR count). The van der Waals surface area contributed by atoms with Crippen LogP contribution in [-0.4, -0.2) is 17.0 Å². The average Bonchev–Trinajstić information content (AvgIpc) is 2.71. The molecule has 1 aromatic rings. The van der Waals surface area contributed by atoms with Crippen molar-refractivity contribution in [3.05, 3.63) is 22.4 Å². The van der Waals surface area contributed by atoms with E-state index in [-0.39, 0.29) is 11.4 Å². The van der Waals surface area contributed by atoms with Crippen LogP contribution in [0.4, 0.5) is 0 Å². The second kappa shape index (κ2) is 4.46. The molecule has 1 aromatic heterocycles. The summed E-state index contributed by atoms with van der Waals surface area (Å²) in [5.74, 6) is 0. The molecule has 0 aromatic carbocycles. The zero-order valence-electron chi connectivity index (χ0n) is 7.18. The standard InChI is InChI=1S/C9H12O2S2/c10-9(7-3-5-12-6-7)8-2-1-4-11-13-8/h3,5-6,8-10H,1-2,4H2. The lowest BCUT2D eigenvalue weighted by atomic mass is 10.1. The first kappa shape index (κ1) is 9.52. The highest BCUT2D eigenvalue weighted by Crippen LogP contribution is 2.34. The Balaban J connectivity index is 1.99. The molecule has 1 aliphatic rings. The van der Waals surface area contributed by atoms with Crippen LogP contribution in [0.3, 0.4) is 0 Å². The van der Waals surface area contributed by atoms with E-state index in [1.54, 1.807) is 11.3 Å². The Kier molecular flexibility index (Phi) is 3.27. The van der Waals surface area contributed by atoms with Crippen LogP contribution >= 0.6 is 23.4 Å². The molecule has 1 N–H and O–H groups in total. The highest BCUT2D eigenvalue weighted by Gasteiger charge is 2.24. The molecule has 0 aliphatic carbocycles. The van der Waals surface area contributed by atoms with Crippen molar-refractivity contribution in [1.29, 1.82) is 0 Å². The van der Waals surface area contributed by atoms with Crippen LogP contribution < -0.4 is 0 Å². The van der Waals surface area contributed by atoms with Crippen molar-refractivity contribution < 1.29 is 9.29 Å². The van der Waals surface area contributed by atoms with Gasteiger partial charge in [-0.15, -0.1) is 0 Å². The Morgan fingerprint density at radius 3 is 3.15 bits per heavy atom. The number of hydrogen-bond donors (Lipinski definition) is 1. The van der Waals surface area contributed by atoms with Gasteiger partial charge in [0.2, 0.25) is 0 Å². The molecule has 2 nitrogen and oxygen atoms in total. The monoisotopic (exact) mass is 216 g/mol. The molecule has 0 bridgehead atoms. The van der Waals surface area contributed by atoms with E-state index in [0.717, 1.165) is 25.0 Å². The maximum Gasteiger partial charge on any atom is 0.0939 e. The molecule has 2 unspecified atom stereocenters. The summed E-state index contributed by atoms with van der Waals surface area (Å²) in [4.78, 5) is 0. The van der Waals surface area contributed by atoms with Gasteiger partial charge in [0.05, 0.1) is 18.0 Å². The molecule has 13 heavy (non-hydrogen) atoms. The van der Waals surface area contributed by atoms with Crippen LogP contribution in [0.2, 0.25) is 0 Å². The van der Waals surface area contributed by atoms with Gasteiger partial charge in [0.1, 0.15) is 0 Å². The van der Waals surface area contributed by atoms with E-state index in [0.29, 0.717) is 0 Å². The molecule has 1 aliphatic heterocycles. The summed E-state index contributed by atoms with van der Waals surface area (Å²) in [7, 11) is 0. The van der Waals surface area contributed by atoms with Gasteiger partial charge in [0, 0.05) is 0 Å². The predicted octanol–water partition coefficient (Wildman–Crippen LogP) is 2.61. The fraction of sp³-hybridized carbons (Fsp3) is 0.556. The van der Waals surface area contributed by atoms with Crippen molar-refractivity contribution >= 4 is 23.4 Å². The maximum atomic E-state index is 9.94. The third-order valence-corrected chi connectivity index (χ3v) is 3.89. The molecule has 0 spiro atoms. The number of rotatable bonds is 2. The summed E-state index contributed by atoms with van der Waals surface area (Å²) in [5.41, 5.74) is 1.02. The van der Waals surface area contributed by atoms with Crippen LogP contribution in [-0.2, 0) is 4.18 Å². The van der Waals surface area contributed by atoms with E-state index in [4.69, 9.17) is 4.18 Å². The minimum Gasteiger partial charge on any atom is -0.387 e. The first-order valence-electron chi connectivity index (χ1n) is 4.36. The van der Waals surface area contributed by atoms with Crippen molar-refractivity contribution in [2.45, 2.75) is 24.2 Å². The third kappa shape index (κ3) is 2.26. The number of thiophene rings is 1. The van der Waals surface area contributed by atoms with Crippen molar-refractivity contribution in [2.75, 3.05) is 6.61 Å². The molecular weight excluding hydrogens is 204 g/mol. The SMILES string of the molecule is OC(c1ccsc1)C1CCCOS1. The molecule has 1 fully saturated rings. The first-order valence-corrected chi connectivity index (χ1v) is 6.11. The van der Waals surface area contributed by atoms with E-state index < -0.39 is 0 Å². The van der Waals surface area contributed by atoms with Gasteiger partial charge in [-0.3, -0.25) is 0 Å². The van der Waals surface area contributed by atoms with E-state index in [9.17, 15) is 5.11 Å². The minimum atomic E-state index is -0.364. The number of aliphatic hydroxyl groups excluding tert-OH is 1. The zero-order valence-corrected chi connectivity index (χ0v) is 8.81. The lowest BCUT2D eigenvalue weighted by molar-refractivity contribution is 0.157. The molecule has 2 heterocycles. The van der Waals surface area contributed by atoms with Crippen molar-refractivity contribution in [2.24, 2.45) is 0 Å². The van der Waals surface area contributed by atoms with Crippen molar-refractivity contribution in [1.82, 2.24) is 0 Å². The van der Waals surface area contributed by atoms with Gasteiger partial charge < -0.3 is 9.29 Å². The van der Waals surface area contributed by atoms with Gasteiger partial charge >= 0.3 is 0 Å². The second-order valence-electron chi connectivity index (χ2n) is 3.10. The summed E-state index contributed by atoms with van der Waals surface area (Å²) < 4.78 is 5.26. The molecule has 0 radical (unpaired) electrons. The van der Waals surface area contributed by atoms with Crippen molar-refractivity contribution in [3.63, 3.8) is 0 Å². The highest BCUT2D eigenvalue weighted by atomic mass is 32.2. The Bertz CT molecular complexity index is 242. The van der Waals surface area contributed by atoms with Crippen LogP contribution in [0.1, 0.15) is 24.5 Å². The van der Waals surface area contributed by atoms with Crippen LogP contribution in [0, 0.1) is 0 Å². The van der Waals surface area contributed by atoms with Crippen molar-refractivity contribution in [3.8, 4) is 0 Å². The molecule has 0 amide bonds. The predicted molar refractivity (Wildman–Crippen MR) is 55.8 cm³/mol. The molecule has 4 heteroatoms. The smallest absolute Gasteiger partial charge is 0.0939 e. The topological polar surface area (TPSA) is 29.5 Å². The van der Waals surface area contributed by atoms with Gasteiger partial charge in [0.15, 0.2) is 0 Å². The third-order valence-electron chi connectivity index (χ3n) is 2.14. The summed E-state index contributed by atoms with van der Waals surface area (Å²) in [6, 6.07) is 1.98. The van der Waals surface area contributed by atoms with Gasteiger partial charge in [0.25, 0.3) is 0 Å². The van der Waals surface area contributed by atoms with E-state index in [1.807, 2.05) is 16.8 Å². The maximum absolute atomic E-state index is 9.94. The van der Waals surface area contributed by atoms with Crippen LogP contribution in [0.5, 0.6) is 0 Å². The summed E-state index contributed by atoms with van der Waals surface area (Å²) in [5, 5.41) is 14.1. The lowest BCUT2D eigenvalue weighted by Gasteiger charge is -2.24. The Morgan fingerprint density at radius 2 is 2.54 bits per heavy atom. The van der Waals surface area contributed by atoms with Crippen LogP contribution in [0.25, 0.3) is 0 Å². The normalized spacial score (nSPS) is 25.8. The first-order chi connectivity index (χ1) is 6.38. The minimum absolute atomic E-state index is 0.211. The zero-order chi connectivity index (χ0) is 9.10. The van der Waals surface area contributed by atoms with Gasteiger partial charge in [-0.1, -0.05) is 0 Å². The summed E-state index contributed by atoms with van der Waals surface area (Å²) in [6.07, 6.45) is 1.73. The van der Waals surface area contributed by atoms with Gasteiger partial charge in [-0.05, 0) is 47.3 Å². The number of aliphatic hydroxyl groups is 1. The highest BCUT2D eigenvalue weighted by molar-refractivity contribution is 7.95. The van der Waals surface area contributed by atoms with Gasteiger partial charge in [-0.2, -0.15) is 11.3 Å². The quantitative estimate of drug-likeness (QED) is 0.771. The Labute approximate surface area is 86.1 Å². The Hall–Kier alpha value is -0.0300. The Morgan fingerprint density at radius 1 is 1.62 bits per heavy atom. The second-order valence-corrected chi connectivity index (χ2v) is 4.91. The molecule has 72 valence electrons. The molecule has 0 saturated carbocycles. The lowest BCUT2D eigenvalue weighted by Crippen LogP contribution is -2.19. The van der Waals surface area contributed by atoms with Crippen LogP contribution in [0.15, 0.2) is 16.8 Å². The van der Waals surface area contributed by atoms with E-state index in [1.165, 1.54) is 12.0 Å². The van der Waals surface area contributed by atoms with E-state index >= 15 is 0 Å². The largest absolute Gasteiger partial charge is 0.387 e. The molecule has 1 saturated heterocycles. The molecular formula is C9H12O2S2. The summed E-state index contributed by atoms with van der Waals surface area (Å²) in [6.45, 7) is 0.817. The fourth-order valence-corrected chi connectivity index (χ4v) is 3.00. The molecule has 2 atom stereocenters. The summed E-state index contributed by atoms with van der Waals surface area (Å²) >= 11 is 3.05.